The van der Waals surface area contributed by atoms with E-state index >= 15 is 0 Å². The predicted octanol–water partition coefficient (Wildman–Crippen LogP) is 14.8. The largest absolute Gasteiger partial charge is 0.393 e. The van der Waals surface area contributed by atoms with Crippen LogP contribution >= 0.6 is 0 Å². The van der Waals surface area contributed by atoms with Crippen LogP contribution in [-0.4, -0.2) is 11.2 Å². The second kappa shape index (κ2) is 38.0. The molecule has 1 nitrogen and oxygen atoms in total. The third kappa shape index (κ3) is 40.0. The van der Waals surface area contributed by atoms with E-state index in [2.05, 4.69) is 6.92 Å². The lowest BCUT2D eigenvalue weighted by molar-refractivity contribution is 0.180. The normalized spacial score (nSPS) is 12.4. The highest BCUT2D eigenvalue weighted by molar-refractivity contribution is 4.54. The molecule has 0 aliphatic rings. The van der Waals surface area contributed by atoms with E-state index in [1.165, 1.54) is 231 Å². The van der Waals surface area contributed by atoms with Gasteiger partial charge < -0.3 is 5.11 Å². The topological polar surface area (TPSA) is 20.2 Å². The third-order valence-corrected chi connectivity index (χ3v) is 9.48. The molecule has 0 fully saturated rings. The fourth-order valence-corrected chi connectivity index (χ4v) is 6.52. The standard InChI is InChI=1S/C40H82O/c1-3-4-5-6-7-8-9-10-11-12-13-14-15-16-17-18-19-20-21-22-23-24-25-26-27-28-29-30-31-32-33-34-35-36-37-38-39-40(2)41/h40-41H,3-39H2,1-2H3. The summed E-state index contributed by atoms with van der Waals surface area (Å²) in [5.74, 6) is 0. The Hall–Kier alpha value is -0.0400. The molecule has 248 valence electrons. The van der Waals surface area contributed by atoms with E-state index in [0.717, 1.165) is 6.42 Å². The van der Waals surface area contributed by atoms with E-state index in [1.54, 1.807) is 0 Å². The number of hydrogen-bond acceptors (Lipinski definition) is 1. The van der Waals surface area contributed by atoms with Gasteiger partial charge in [-0.1, -0.05) is 238 Å². The SMILES string of the molecule is CCCCCCCCCCCCCCCCCCCCCCCCCCCCCCCCCCCCCCC(C)O. The Morgan fingerprint density at radius 1 is 0.268 bits per heavy atom. The number of aliphatic hydroxyl groups is 1. The summed E-state index contributed by atoms with van der Waals surface area (Å²) in [7, 11) is 0. The fraction of sp³-hybridized carbons (Fsp3) is 1.00. The van der Waals surface area contributed by atoms with Crippen LogP contribution in [-0.2, 0) is 0 Å². The summed E-state index contributed by atoms with van der Waals surface area (Å²) < 4.78 is 0. The molecule has 0 saturated heterocycles. The Morgan fingerprint density at radius 3 is 0.561 bits per heavy atom. The van der Waals surface area contributed by atoms with Gasteiger partial charge in [0.15, 0.2) is 0 Å². The van der Waals surface area contributed by atoms with Gasteiger partial charge >= 0.3 is 0 Å². The van der Waals surface area contributed by atoms with Gasteiger partial charge in [0.25, 0.3) is 0 Å². The molecule has 1 N–H and O–H groups in total. The quantitative estimate of drug-likeness (QED) is 0.0727. The fourth-order valence-electron chi connectivity index (χ4n) is 6.52. The van der Waals surface area contributed by atoms with Gasteiger partial charge in [-0.2, -0.15) is 0 Å². The molecule has 0 aromatic heterocycles. The van der Waals surface area contributed by atoms with Crippen LogP contribution in [0.1, 0.15) is 251 Å². The van der Waals surface area contributed by atoms with Crippen LogP contribution in [0, 0.1) is 0 Å². The first kappa shape index (κ1) is 41.0. The molecule has 0 saturated carbocycles. The molecular weight excluding hydrogens is 496 g/mol. The molecular formula is C40H82O. The molecule has 0 aliphatic carbocycles. The highest BCUT2D eigenvalue weighted by Crippen LogP contribution is 2.17. The molecule has 1 unspecified atom stereocenters. The van der Waals surface area contributed by atoms with Gasteiger partial charge in [0.05, 0.1) is 6.10 Å². The maximum Gasteiger partial charge on any atom is 0.0512 e. The van der Waals surface area contributed by atoms with Crippen molar-refractivity contribution in [3.05, 3.63) is 0 Å². The van der Waals surface area contributed by atoms with Gasteiger partial charge in [-0.15, -0.1) is 0 Å². The Morgan fingerprint density at radius 2 is 0.415 bits per heavy atom. The van der Waals surface area contributed by atoms with Crippen LogP contribution in [0.15, 0.2) is 0 Å². The van der Waals surface area contributed by atoms with E-state index in [0.29, 0.717) is 0 Å². The van der Waals surface area contributed by atoms with E-state index in [-0.39, 0.29) is 6.10 Å². The van der Waals surface area contributed by atoms with Crippen LogP contribution < -0.4 is 0 Å². The van der Waals surface area contributed by atoms with Crippen molar-refractivity contribution in [2.24, 2.45) is 0 Å². The molecule has 41 heavy (non-hydrogen) atoms. The summed E-state index contributed by atoms with van der Waals surface area (Å²) in [6.07, 6.45) is 53.3. The van der Waals surface area contributed by atoms with Gasteiger partial charge in [0.2, 0.25) is 0 Å². The lowest BCUT2D eigenvalue weighted by Gasteiger charge is -2.05. The van der Waals surface area contributed by atoms with E-state index in [4.69, 9.17) is 0 Å². The van der Waals surface area contributed by atoms with Crippen molar-refractivity contribution in [2.75, 3.05) is 0 Å². The van der Waals surface area contributed by atoms with Crippen LogP contribution in [0.4, 0.5) is 0 Å². The zero-order chi connectivity index (χ0) is 29.7. The molecule has 0 heterocycles. The molecule has 0 aliphatic heterocycles. The third-order valence-electron chi connectivity index (χ3n) is 9.48. The maximum atomic E-state index is 9.28. The maximum absolute atomic E-state index is 9.28. The zero-order valence-electron chi connectivity index (χ0n) is 29.2. The van der Waals surface area contributed by atoms with Crippen molar-refractivity contribution in [2.45, 2.75) is 258 Å². The molecule has 0 radical (unpaired) electrons. The van der Waals surface area contributed by atoms with Gasteiger partial charge in [-0.25, -0.2) is 0 Å². The number of hydrogen-bond donors (Lipinski definition) is 1. The molecule has 0 aromatic rings. The Kier molecular flexibility index (Phi) is 37.9. The average molecular weight is 579 g/mol. The van der Waals surface area contributed by atoms with Crippen LogP contribution in [0.5, 0.6) is 0 Å². The first-order valence-electron chi connectivity index (χ1n) is 20.0. The Labute approximate surface area is 262 Å². The Bertz CT molecular complexity index is 431. The summed E-state index contributed by atoms with van der Waals surface area (Å²) in [6, 6.07) is 0. The molecule has 0 spiro atoms. The molecule has 1 atom stereocenters. The van der Waals surface area contributed by atoms with Crippen molar-refractivity contribution in [1.82, 2.24) is 0 Å². The van der Waals surface area contributed by atoms with Crippen molar-refractivity contribution >= 4 is 0 Å². The van der Waals surface area contributed by atoms with Crippen LogP contribution in [0.3, 0.4) is 0 Å². The summed E-state index contributed by atoms with van der Waals surface area (Å²) in [5.41, 5.74) is 0. The monoisotopic (exact) mass is 579 g/mol. The zero-order valence-corrected chi connectivity index (χ0v) is 29.2. The van der Waals surface area contributed by atoms with Gasteiger partial charge in [-0.05, 0) is 13.3 Å². The second-order valence-electron chi connectivity index (χ2n) is 14.0. The van der Waals surface area contributed by atoms with E-state index in [9.17, 15) is 5.11 Å². The summed E-state index contributed by atoms with van der Waals surface area (Å²) in [6.45, 7) is 4.21. The lowest BCUT2D eigenvalue weighted by Crippen LogP contribution is -1.98. The minimum atomic E-state index is -0.104. The average Bonchev–Trinajstić information content (AvgIpc) is 2.97. The molecule has 0 rings (SSSR count). The lowest BCUT2D eigenvalue weighted by atomic mass is 10.0. The van der Waals surface area contributed by atoms with Crippen LogP contribution in [0.25, 0.3) is 0 Å². The summed E-state index contributed by atoms with van der Waals surface area (Å²) in [4.78, 5) is 0. The number of unbranched alkanes of at least 4 members (excludes halogenated alkanes) is 35. The molecule has 0 aromatic carbocycles. The number of aliphatic hydroxyl groups excluding tert-OH is 1. The summed E-state index contributed by atoms with van der Waals surface area (Å²) >= 11 is 0. The highest BCUT2D eigenvalue weighted by Gasteiger charge is 1.98. The minimum Gasteiger partial charge on any atom is -0.393 e. The van der Waals surface area contributed by atoms with Crippen molar-refractivity contribution in [3.63, 3.8) is 0 Å². The predicted molar refractivity (Wildman–Crippen MR) is 188 cm³/mol. The molecule has 0 amide bonds. The van der Waals surface area contributed by atoms with Gasteiger partial charge in [0, 0.05) is 0 Å². The van der Waals surface area contributed by atoms with Gasteiger partial charge in [0.1, 0.15) is 0 Å². The highest BCUT2D eigenvalue weighted by atomic mass is 16.3. The van der Waals surface area contributed by atoms with Crippen molar-refractivity contribution < 1.29 is 5.11 Å². The summed E-state index contributed by atoms with van der Waals surface area (Å²) in [5, 5.41) is 9.28. The van der Waals surface area contributed by atoms with Gasteiger partial charge in [-0.3, -0.25) is 0 Å². The number of rotatable bonds is 37. The van der Waals surface area contributed by atoms with E-state index in [1.807, 2.05) is 6.92 Å². The second-order valence-corrected chi connectivity index (χ2v) is 14.0. The van der Waals surface area contributed by atoms with Crippen molar-refractivity contribution in [1.29, 1.82) is 0 Å². The van der Waals surface area contributed by atoms with E-state index < -0.39 is 0 Å². The first-order valence-corrected chi connectivity index (χ1v) is 20.0. The first-order chi connectivity index (χ1) is 20.3. The Balaban J connectivity index is 3.03. The van der Waals surface area contributed by atoms with Crippen molar-refractivity contribution in [3.8, 4) is 0 Å². The molecule has 1 heteroatoms. The minimum absolute atomic E-state index is 0.104. The smallest absolute Gasteiger partial charge is 0.0512 e. The van der Waals surface area contributed by atoms with Crippen LogP contribution in [0.2, 0.25) is 0 Å². The molecule has 0 bridgehead atoms.